The van der Waals surface area contributed by atoms with Gasteiger partial charge in [0, 0.05) is 13.1 Å². The van der Waals surface area contributed by atoms with E-state index in [0.717, 1.165) is 0 Å². The number of H-pyrrole nitrogens is 1. The van der Waals surface area contributed by atoms with Crippen LogP contribution in [0.4, 0.5) is 11.9 Å². The molecule has 4 rings (SSSR count). The number of aromatic amines is 1. The fourth-order valence-corrected chi connectivity index (χ4v) is 6.79. The van der Waals surface area contributed by atoms with E-state index in [9.17, 15) is 38.5 Å². The average molecular weight is 608 g/mol. The van der Waals surface area contributed by atoms with Crippen molar-refractivity contribution in [2.45, 2.75) is 24.5 Å². The number of aliphatic hydroxyl groups excluding tert-OH is 2. The van der Waals surface area contributed by atoms with Crippen molar-refractivity contribution in [2.24, 2.45) is 0 Å². The molecule has 0 amide bonds. The highest BCUT2D eigenvalue weighted by Gasteiger charge is 2.48. The molecule has 0 aliphatic carbocycles. The zero-order chi connectivity index (χ0) is 28.0. The minimum absolute atomic E-state index is 0.108. The van der Waals surface area contributed by atoms with Gasteiger partial charge in [0.05, 0.1) is 19.8 Å². The minimum Gasteiger partial charge on any atom is -0.387 e. The maximum atomic E-state index is 12.4. The fourth-order valence-electron chi connectivity index (χ4n) is 3.76. The summed E-state index contributed by atoms with van der Waals surface area (Å²) in [7, 11) is -16.9. The van der Waals surface area contributed by atoms with Crippen molar-refractivity contribution >= 4 is 46.5 Å². The van der Waals surface area contributed by atoms with Gasteiger partial charge < -0.3 is 49.9 Å². The molecule has 2 aliphatic rings. The number of hydrogen-bond donors (Lipinski definition) is 8. The fraction of sp³-hybridized carbons (Fsp3) is 0.643. The first kappa shape index (κ1) is 29.2. The summed E-state index contributed by atoms with van der Waals surface area (Å²) in [5, 5.41) is 21.3. The number of rotatable bonds is 9. The Morgan fingerprint density at radius 2 is 1.68 bits per heavy atom. The first-order valence-corrected chi connectivity index (χ1v) is 15.0. The van der Waals surface area contributed by atoms with E-state index in [0.29, 0.717) is 26.3 Å². The van der Waals surface area contributed by atoms with Crippen LogP contribution in [0.15, 0.2) is 4.79 Å². The summed E-state index contributed by atoms with van der Waals surface area (Å²) in [4.78, 5) is 60.9. The van der Waals surface area contributed by atoms with Crippen molar-refractivity contribution in [1.29, 1.82) is 0 Å². The SMILES string of the molecule is Nc1nc2c(nc(N3CCOCC3)n2[C@@H]2O[C@H](COP(=O)(O)OP(=O)(O)OP(=O)(O)O)[C@@H](O)[C@H]2O)c(=O)[nH]1. The summed E-state index contributed by atoms with van der Waals surface area (Å²) in [6.45, 7) is 0.256. The number of aliphatic hydroxyl groups is 2. The maximum absolute atomic E-state index is 12.4. The zero-order valence-corrected chi connectivity index (χ0v) is 21.6. The molecule has 0 saturated carbocycles. The Balaban J connectivity index is 1.58. The van der Waals surface area contributed by atoms with Gasteiger partial charge in [-0.25, -0.2) is 18.7 Å². The van der Waals surface area contributed by atoms with Gasteiger partial charge in [0.2, 0.25) is 11.9 Å². The van der Waals surface area contributed by atoms with Crippen LogP contribution in [-0.2, 0) is 36.3 Å². The van der Waals surface area contributed by atoms with E-state index in [1.165, 1.54) is 4.57 Å². The third-order valence-corrected chi connectivity index (χ3v) is 9.06. The summed E-state index contributed by atoms with van der Waals surface area (Å²) in [6, 6.07) is 0. The maximum Gasteiger partial charge on any atom is 0.490 e. The third kappa shape index (κ3) is 6.49. The molecule has 21 nitrogen and oxygen atoms in total. The number of aromatic nitrogens is 4. The molecule has 0 bridgehead atoms. The standard InChI is InChI=1S/C14H23N6O15P3/c15-13-17-10-7(11(23)18-13)16-14(19-1-3-31-4-2-19)20(10)12-9(22)8(21)6(33-12)5-32-37(27,28)35-38(29,30)34-36(24,25)26/h6,8-9,12,21-22H,1-5H2,(H,27,28)(H,29,30)(H2,24,25,26)(H3,15,17,18,23)/t6-,8-,9-,12-/m1/s1. The van der Waals surface area contributed by atoms with E-state index in [4.69, 9.17) is 25.0 Å². The summed E-state index contributed by atoms with van der Waals surface area (Å²) in [5.41, 5.74) is 4.69. The van der Waals surface area contributed by atoms with Crippen molar-refractivity contribution in [1.82, 2.24) is 19.5 Å². The van der Waals surface area contributed by atoms with Crippen LogP contribution >= 0.6 is 23.5 Å². The van der Waals surface area contributed by atoms with Crippen LogP contribution in [0.3, 0.4) is 0 Å². The summed E-state index contributed by atoms with van der Waals surface area (Å²) >= 11 is 0. The highest BCUT2D eigenvalue weighted by atomic mass is 31.3. The van der Waals surface area contributed by atoms with Gasteiger partial charge >= 0.3 is 23.5 Å². The molecule has 38 heavy (non-hydrogen) atoms. The highest BCUT2D eigenvalue weighted by Crippen LogP contribution is 2.66. The van der Waals surface area contributed by atoms with Crippen LogP contribution in [0.25, 0.3) is 11.2 Å². The molecule has 2 fully saturated rings. The number of imidazole rings is 1. The summed E-state index contributed by atoms with van der Waals surface area (Å²) in [5.74, 6) is -0.175. The Kier molecular flexibility index (Phi) is 8.17. The number of nitrogens with zero attached hydrogens (tertiary/aromatic N) is 4. The molecule has 2 unspecified atom stereocenters. The third-order valence-electron chi connectivity index (χ3n) is 5.25. The van der Waals surface area contributed by atoms with E-state index < -0.39 is 60.2 Å². The molecule has 2 aromatic heterocycles. The van der Waals surface area contributed by atoms with Crippen LogP contribution in [0.2, 0.25) is 0 Å². The monoisotopic (exact) mass is 608 g/mol. The number of phosphoric acid groups is 3. The van der Waals surface area contributed by atoms with E-state index in [-0.39, 0.29) is 23.1 Å². The van der Waals surface area contributed by atoms with Crippen LogP contribution in [0.5, 0.6) is 0 Å². The van der Waals surface area contributed by atoms with Gasteiger partial charge in [-0.15, -0.1) is 0 Å². The first-order valence-electron chi connectivity index (χ1n) is 10.5. The van der Waals surface area contributed by atoms with Gasteiger partial charge in [-0.2, -0.15) is 13.6 Å². The molecule has 2 aliphatic heterocycles. The number of anilines is 2. The molecule has 0 aromatic carbocycles. The number of nitrogens with two attached hydrogens (primary N) is 1. The molecule has 0 radical (unpaired) electrons. The molecule has 4 heterocycles. The molecule has 24 heteroatoms. The molecule has 2 saturated heterocycles. The van der Waals surface area contributed by atoms with E-state index in [2.05, 4.69) is 28.1 Å². The number of ether oxygens (including phenoxy) is 2. The van der Waals surface area contributed by atoms with Gasteiger partial charge in [0.1, 0.15) is 18.3 Å². The Bertz CT molecular complexity index is 1390. The van der Waals surface area contributed by atoms with Gasteiger partial charge in [0.15, 0.2) is 17.4 Å². The van der Waals surface area contributed by atoms with E-state index in [1.54, 1.807) is 4.90 Å². The number of hydrogen-bond acceptors (Lipinski definition) is 15. The second-order valence-electron chi connectivity index (χ2n) is 7.94. The summed E-state index contributed by atoms with van der Waals surface area (Å²) in [6.07, 6.45) is -6.60. The second kappa shape index (κ2) is 10.6. The van der Waals surface area contributed by atoms with Crippen molar-refractivity contribution < 1.29 is 66.1 Å². The highest BCUT2D eigenvalue weighted by molar-refractivity contribution is 7.66. The molecule has 0 spiro atoms. The van der Waals surface area contributed by atoms with E-state index >= 15 is 0 Å². The quantitative estimate of drug-likeness (QED) is 0.136. The number of morpholine rings is 1. The van der Waals surface area contributed by atoms with Crippen molar-refractivity contribution in [2.75, 3.05) is 43.5 Å². The number of fused-ring (bicyclic) bond motifs is 1. The van der Waals surface area contributed by atoms with Crippen LogP contribution in [-0.4, -0.2) is 101 Å². The molecule has 2 aromatic rings. The van der Waals surface area contributed by atoms with Crippen LogP contribution in [0.1, 0.15) is 6.23 Å². The van der Waals surface area contributed by atoms with Crippen molar-refractivity contribution in [3.05, 3.63) is 10.4 Å². The molecular formula is C14H23N6O15P3. The zero-order valence-electron chi connectivity index (χ0n) is 18.9. The van der Waals surface area contributed by atoms with Gasteiger partial charge in [0.25, 0.3) is 5.56 Å². The predicted octanol–water partition coefficient (Wildman–Crippen LogP) is -2.50. The van der Waals surface area contributed by atoms with Crippen LogP contribution < -0.4 is 16.2 Å². The topological polar surface area (TPSA) is 312 Å². The molecular weight excluding hydrogens is 585 g/mol. The van der Waals surface area contributed by atoms with Crippen molar-refractivity contribution in [3.63, 3.8) is 0 Å². The molecule has 214 valence electrons. The van der Waals surface area contributed by atoms with Gasteiger partial charge in [-0.3, -0.25) is 18.9 Å². The lowest BCUT2D eigenvalue weighted by Gasteiger charge is -2.30. The lowest BCUT2D eigenvalue weighted by molar-refractivity contribution is -0.0498. The van der Waals surface area contributed by atoms with Gasteiger partial charge in [-0.05, 0) is 0 Å². The van der Waals surface area contributed by atoms with Crippen LogP contribution in [0, 0.1) is 0 Å². The number of nitrogens with one attached hydrogen (secondary N) is 1. The number of phosphoric ester groups is 1. The Morgan fingerprint density at radius 1 is 1.03 bits per heavy atom. The molecule has 6 atom stereocenters. The lowest BCUT2D eigenvalue weighted by Crippen LogP contribution is -2.39. The number of nitrogen functional groups attached to an aromatic ring is 1. The van der Waals surface area contributed by atoms with Gasteiger partial charge in [-0.1, -0.05) is 0 Å². The smallest absolute Gasteiger partial charge is 0.387 e. The van der Waals surface area contributed by atoms with Crippen molar-refractivity contribution in [3.8, 4) is 0 Å². The molecule has 9 N–H and O–H groups in total. The van der Waals surface area contributed by atoms with E-state index in [1.807, 2.05) is 0 Å². The average Bonchev–Trinajstić information content (AvgIpc) is 3.28. The summed E-state index contributed by atoms with van der Waals surface area (Å²) < 4.78 is 58.2. The minimum atomic E-state index is -5.77. The predicted molar refractivity (Wildman–Crippen MR) is 121 cm³/mol. The lowest BCUT2D eigenvalue weighted by atomic mass is 10.1. The first-order chi connectivity index (χ1) is 17.6. The Labute approximate surface area is 211 Å². The largest absolute Gasteiger partial charge is 0.490 e. The normalized spacial score (nSPS) is 27.9. The Hall–Kier alpha value is -1.80. The second-order valence-corrected chi connectivity index (χ2v) is 12.4. The Morgan fingerprint density at radius 3 is 2.32 bits per heavy atom.